The summed E-state index contributed by atoms with van der Waals surface area (Å²) in [4.78, 5) is 12.5. The molecule has 1 N–H and O–H groups in total. The first kappa shape index (κ1) is 23.0. The number of hydrogen-bond donors (Lipinski definition) is 1. The third-order valence-electron chi connectivity index (χ3n) is 4.37. The molecule has 0 aromatic heterocycles. The maximum Gasteiger partial charge on any atom is 0.266 e. The van der Waals surface area contributed by atoms with Gasteiger partial charge in [-0.25, -0.2) is 4.39 Å². The number of hydrogen-bond acceptors (Lipinski definition) is 4. The largest absolute Gasteiger partial charge is 0.490 e. The van der Waals surface area contributed by atoms with Crippen LogP contribution >= 0.6 is 15.9 Å². The fourth-order valence-corrected chi connectivity index (χ4v) is 3.25. The molecule has 0 aliphatic carbocycles. The minimum absolute atomic E-state index is 0.115. The van der Waals surface area contributed by atoms with Crippen LogP contribution in [-0.2, 0) is 11.4 Å². The Labute approximate surface area is 194 Å². The van der Waals surface area contributed by atoms with E-state index >= 15 is 0 Å². The first-order valence-electron chi connectivity index (χ1n) is 9.82. The first-order chi connectivity index (χ1) is 15.5. The quantitative estimate of drug-likeness (QED) is 0.302. The standard InChI is InChI=1S/C25H20BrFN2O3/c1-2-31-23-13-18(22(26)14-24(23)32-16-17-6-4-3-5-7-17)12-19(15-28)25(30)29-21-10-8-20(27)9-11-21/h3-14H,2,16H2,1H3,(H,29,30)/b19-12+. The van der Waals surface area contributed by atoms with Gasteiger partial charge in [-0.1, -0.05) is 46.3 Å². The van der Waals surface area contributed by atoms with Crippen LogP contribution in [0.15, 0.2) is 76.8 Å². The van der Waals surface area contributed by atoms with E-state index in [1.165, 1.54) is 30.3 Å². The lowest BCUT2D eigenvalue weighted by Gasteiger charge is -2.14. The van der Waals surface area contributed by atoms with Crippen molar-refractivity contribution in [2.45, 2.75) is 13.5 Å². The van der Waals surface area contributed by atoms with Gasteiger partial charge in [0.1, 0.15) is 24.1 Å². The zero-order valence-electron chi connectivity index (χ0n) is 17.3. The van der Waals surface area contributed by atoms with Crippen molar-refractivity contribution in [1.82, 2.24) is 0 Å². The molecule has 0 bridgehead atoms. The Balaban J connectivity index is 1.84. The molecule has 0 saturated carbocycles. The van der Waals surface area contributed by atoms with E-state index in [1.54, 1.807) is 12.1 Å². The normalized spacial score (nSPS) is 10.9. The topological polar surface area (TPSA) is 71.3 Å². The molecule has 3 aromatic carbocycles. The number of nitriles is 1. The summed E-state index contributed by atoms with van der Waals surface area (Å²) in [5.41, 5.74) is 1.86. The van der Waals surface area contributed by atoms with Gasteiger partial charge in [-0.05, 0) is 60.5 Å². The van der Waals surface area contributed by atoms with Crippen molar-refractivity contribution in [3.63, 3.8) is 0 Å². The molecule has 0 atom stereocenters. The predicted octanol–water partition coefficient (Wildman–Crippen LogP) is 6.11. The smallest absolute Gasteiger partial charge is 0.266 e. The summed E-state index contributed by atoms with van der Waals surface area (Å²) < 4.78 is 25.3. The van der Waals surface area contributed by atoms with Crippen molar-refractivity contribution in [3.8, 4) is 17.6 Å². The van der Waals surface area contributed by atoms with Crippen molar-refractivity contribution in [1.29, 1.82) is 5.26 Å². The molecule has 5 nitrogen and oxygen atoms in total. The molecule has 0 heterocycles. The SMILES string of the molecule is CCOc1cc(/C=C(\C#N)C(=O)Nc2ccc(F)cc2)c(Br)cc1OCc1ccccc1. The lowest BCUT2D eigenvalue weighted by atomic mass is 10.1. The molecule has 3 rings (SSSR count). The molecular weight excluding hydrogens is 475 g/mol. The Morgan fingerprint density at radius 3 is 2.44 bits per heavy atom. The van der Waals surface area contributed by atoms with Gasteiger partial charge in [-0.15, -0.1) is 0 Å². The van der Waals surface area contributed by atoms with Crippen LogP contribution in [0.1, 0.15) is 18.1 Å². The molecule has 3 aromatic rings. The average molecular weight is 495 g/mol. The summed E-state index contributed by atoms with van der Waals surface area (Å²) in [5, 5.41) is 12.1. The Kier molecular flexibility index (Phi) is 8.01. The maximum atomic E-state index is 13.1. The minimum atomic E-state index is -0.603. The number of halogens is 2. The molecule has 1 amide bonds. The van der Waals surface area contributed by atoms with Crippen LogP contribution in [0.25, 0.3) is 6.08 Å². The van der Waals surface area contributed by atoms with Gasteiger partial charge in [0.05, 0.1) is 6.61 Å². The summed E-state index contributed by atoms with van der Waals surface area (Å²) >= 11 is 3.48. The van der Waals surface area contributed by atoms with Gasteiger partial charge in [-0.3, -0.25) is 4.79 Å². The summed E-state index contributed by atoms with van der Waals surface area (Å²) in [5.74, 6) is 0.0116. The second kappa shape index (κ2) is 11.1. The Morgan fingerprint density at radius 1 is 1.09 bits per heavy atom. The third-order valence-corrected chi connectivity index (χ3v) is 5.05. The van der Waals surface area contributed by atoms with E-state index in [0.29, 0.717) is 40.4 Å². The number of anilines is 1. The number of carbonyl (C=O) groups is 1. The molecular formula is C25H20BrFN2O3. The van der Waals surface area contributed by atoms with Crippen molar-refractivity contribution in [2.24, 2.45) is 0 Å². The number of ether oxygens (including phenoxy) is 2. The Hall–Kier alpha value is -3.63. The second-order valence-corrected chi connectivity index (χ2v) is 7.51. The van der Waals surface area contributed by atoms with E-state index in [4.69, 9.17) is 9.47 Å². The zero-order valence-corrected chi connectivity index (χ0v) is 18.9. The van der Waals surface area contributed by atoms with Crippen LogP contribution in [0.5, 0.6) is 11.5 Å². The van der Waals surface area contributed by atoms with Crippen LogP contribution in [0, 0.1) is 17.1 Å². The fourth-order valence-electron chi connectivity index (χ4n) is 2.81. The third kappa shape index (κ3) is 6.19. The summed E-state index contributed by atoms with van der Waals surface area (Å²) in [6.45, 7) is 2.64. The molecule has 0 fully saturated rings. The molecule has 0 aliphatic heterocycles. The van der Waals surface area contributed by atoms with E-state index in [9.17, 15) is 14.4 Å². The number of benzene rings is 3. The van der Waals surface area contributed by atoms with Crippen molar-refractivity contribution in [3.05, 3.63) is 93.7 Å². The first-order valence-corrected chi connectivity index (χ1v) is 10.6. The van der Waals surface area contributed by atoms with Gasteiger partial charge in [0.25, 0.3) is 5.91 Å². The van der Waals surface area contributed by atoms with Gasteiger partial charge in [-0.2, -0.15) is 5.26 Å². The summed E-state index contributed by atoms with van der Waals surface area (Å²) in [6.07, 6.45) is 1.45. The van der Waals surface area contributed by atoms with Crippen molar-refractivity contribution in [2.75, 3.05) is 11.9 Å². The van der Waals surface area contributed by atoms with E-state index in [2.05, 4.69) is 21.2 Å². The molecule has 0 saturated heterocycles. The van der Waals surface area contributed by atoms with Crippen LogP contribution in [0.4, 0.5) is 10.1 Å². The second-order valence-electron chi connectivity index (χ2n) is 6.66. The van der Waals surface area contributed by atoms with E-state index < -0.39 is 11.7 Å². The Bertz CT molecular complexity index is 1160. The van der Waals surface area contributed by atoms with Crippen LogP contribution < -0.4 is 14.8 Å². The van der Waals surface area contributed by atoms with E-state index in [-0.39, 0.29) is 5.57 Å². The number of nitrogens with one attached hydrogen (secondary N) is 1. The minimum Gasteiger partial charge on any atom is -0.490 e. The maximum absolute atomic E-state index is 13.1. The number of nitrogens with zero attached hydrogens (tertiary/aromatic N) is 1. The zero-order chi connectivity index (χ0) is 22.9. The van der Waals surface area contributed by atoms with Gasteiger partial charge in [0.2, 0.25) is 0 Å². The van der Waals surface area contributed by atoms with Gasteiger partial charge in [0.15, 0.2) is 11.5 Å². The number of carbonyl (C=O) groups excluding carboxylic acids is 1. The molecule has 0 spiro atoms. The molecule has 7 heteroatoms. The highest BCUT2D eigenvalue weighted by Crippen LogP contribution is 2.35. The van der Waals surface area contributed by atoms with Crippen molar-refractivity contribution < 1.29 is 18.7 Å². The van der Waals surface area contributed by atoms with Crippen LogP contribution in [0.3, 0.4) is 0 Å². The average Bonchev–Trinajstić information content (AvgIpc) is 2.80. The number of rotatable bonds is 8. The highest BCUT2D eigenvalue weighted by atomic mass is 79.9. The number of amides is 1. The van der Waals surface area contributed by atoms with Gasteiger partial charge >= 0.3 is 0 Å². The lowest BCUT2D eigenvalue weighted by molar-refractivity contribution is -0.112. The predicted molar refractivity (Wildman–Crippen MR) is 125 cm³/mol. The van der Waals surface area contributed by atoms with Crippen molar-refractivity contribution >= 4 is 33.6 Å². The van der Waals surface area contributed by atoms with Gasteiger partial charge < -0.3 is 14.8 Å². The molecule has 0 radical (unpaired) electrons. The lowest BCUT2D eigenvalue weighted by Crippen LogP contribution is -2.13. The monoisotopic (exact) mass is 494 g/mol. The van der Waals surface area contributed by atoms with Crippen LogP contribution in [0.2, 0.25) is 0 Å². The highest BCUT2D eigenvalue weighted by Gasteiger charge is 2.14. The van der Waals surface area contributed by atoms with Gasteiger partial charge in [0, 0.05) is 10.2 Å². The molecule has 0 aliphatic rings. The Morgan fingerprint density at radius 2 is 1.78 bits per heavy atom. The molecule has 0 unspecified atom stereocenters. The summed E-state index contributed by atoms with van der Waals surface area (Å²) in [6, 6.07) is 20.4. The fraction of sp³-hybridized carbons (Fsp3) is 0.120. The highest BCUT2D eigenvalue weighted by molar-refractivity contribution is 9.10. The summed E-state index contributed by atoms with van der Waals surface area (Å²) in [7, 11) is 0. The van der Waals surface area contributed by atoms with E-state index in [0.717, 1.165) is 5.56 Å². The molecule has 32 heavy (non-hydrogen) atoms. The molecule has 162 valence electrons. The van der Waals surface area contributed by atoms with Crippen LogP contribution in [-0.4, -0.2) is 12.5 Å². The van der Waals surface area contributed by atoms with E-state index in [1.807, 2.05) is 43.3 Å².